The number of aliphatic hydroxyl groups is 2. The van der Waals surface area contributed by atoms with E-state index < -0.39 is 12.2 Å². The summed E-state index contributed by atoms with van der Waals surface area (Å²) in [6.07, 6.45) is 13.2. The van der Waals surface area contributed by atoms with Crippen LogP contribution in [0.2, 0.25) is 0 Å². The molecule has 0 rings (SSSR count). The number of nitrogens with one attached hydrogen (secondary N) is 1. The van der Waals surface area contributed by atoms with Crippen LogP contribution in [0.1, 0.15) is 39.0 Å². The number of unbranched alkanes of at least 4 members (excludes halogenated alkanes) is 1. The van der Waals surface area contributed by atoms with E-state index in [0.717, 1.165) is 25.8 Å². The van der Waals surface area contributed by atoms with Crippen LogP contribution in [0.3, 0.4) is 0 Å². The molecule has 0 saturated carbocycles. The summed E-state index contributed by atoms with van der Waals surface area (Å²) in [6.45, 7) is 3.53. The summed E-state index contributed by atoms with van der Waals surface area (Å²) < 4.78 is 0. The largest absolute Gasteiger partial charge is 0.389 e. The highest BCUT2D eigenvalue weighted by molar-refractivity contribution is 5.75. The van der Waals surface area contributed by atoms with E-state index in [1.807, 2.05) is 33.2 Å². The number of carbonyl (C=O) groups is 1. The van der Waals surface area contributed by atoms with Crippen LogP contribution in [0.5, 0.6) is 0 Å². The Labute approximate surface area is 146 Å². The topological polar surface area (TPSA) is 72.8 Å². The third kappa shape index (κ3) is 15.5. The minimum absolute atomic E-state index is 0.0389. The van der Waals surface area contributed by atoms with Gasteiger partial charge < -0.3 is 20.4 Å². The lowest BCUT2D eigenvalue weighted by Crippen LogP contribution is -2.23. The van der Waals surface area contributed by atoms with Gasteiger partial charge in [-0.1, -0.05) is 36.5 Å². The maximum Gasteiger partial charge on any atom is 0.220 e. The van der Waals surface area contributed by atoms with Crippen molar-refractivity contribution in [2.24, 2.45) is 0 Å². The minimum Gasteiger partial charge on any atom is -0.389 e. The Kier molecular flexibility index (Phi) is 14.2. The molecule has 0 aromatic carbocycles. The second kappa shape index (κ2) is 15.1. The van der Waals surface area contributed by atoms with Gasteiger partial charge in [0.15, 0.2) is 0 Å². The molecule has 5 nitrogen and oxygen atoms in total. The number of hydrogen-bond acceptors (Lipinski definition) is 4. The number of aliphatic hydroxyl groups excluding tert-OH is 2. The Morgan fingerprint density at radius 1 is 1.00 bits per heavy atom. The molecule has 0 aliphatic rings. The van der Waals surface area contributed by atoms with E-state index in [1.54, 1.807) is 24.3 Å². The fraction of sp³-hybridized carbons (Fsp3) is 0.632. The molecule has 24 heavy (non-hydrogen) atoms. The predicted molar refractivity (Wildman–Crippen MR) is 99.8 cm³/mol. The van der Waals surface area contributed by atoms with E-state index in [0.29, 0.717) is 19.4 Å². The first-order valence-electron chi connectivity index (χ1n) is 8.75. The number of nitrogens with zero attached hydrogens (tertiary/aromatic N) is 1. The molecular formula is C19H34N2O3. The Hall–Kier alpha value is -1.43. The highest BCUT2D eigenvalue weighted by Gasteiger charge is 2.03. The highest BCUT2D eigenvalue weighted by Crippen LogP contribution is 2.03. The van der Waals surface area contributed by atoms with E-state index in [9.17, 15) is 15.0 Å². The molecule has 0 heterocycles. The number of allylic oxidation sites excluding steroid dienone is 4. The van der Waals surface area contributed by atoms with Gasteiger partial charge in [0.25, 0.3) is 0 Å². The first-order chi connectivity index (χ1) is 11.5. The molecule has 0 fully saturated rings. The molecule has 0 radical (unpaired) electrons. The summed E-state index contributed by atoms with van der Waals surface area (Å²) in [7, 11) is 4.09. The van der Waals surface area contributed by atoms with Crippen LogP contribution in [0.15, 0.2) is 36.5 Å². The average Bonchev–Trinajstić information content (AvgIpc) is 2.53. The van der Waals surface area contributed by atoms with E-state index >= 15 is 0 Å². The number of carbonyl (C=O) groups excluding carboxylic acids is 1. The first-order valence-corrected chi connectivity index (χ1v) is 8.75. The lowest BCUT2D eigenvalue weighted by Gasteiger charge is -2.09. The molecule has 0 aliphatic heterocycles. The number of rotatable bonds is 13. The third-order valence-electron chi connectivity index (χ3n) is 3.40. The van der Waals surface area contributed by atoms with Gasteiger partial charge in [0.2, 0.25) is 5.91 Å². The van der Waals surface area contributed by atoms with Crippen LogP contribution in [0.25, 0.3) is 0 Å². The van der Waals surface area contributed by atoms with Crippen LogP contribution in [-0.2, 0) is 4.79 Å². The molecule has 3 N–H and O–H groups in total. The molecule has 5 heteroatoms. The van der Waals surface area contributed by atoms with Gasteiger partial charge in [-0.15, -0.1) is 0 Å². The monoisotopic (exact) mass is 338 g/mol. The van der Waals surface area contributed by atoms with Crippen LogP contribution < -0.4 is 5.32 Å². The van der Waals surface area contributed by atoms with Gasteiger partial charge in [-0.05, 0) is 53.2 Å². The average molecular weight is 338 g/mol. The van der Waals surface area contributed by atoms with E-state index in [4.69, 9.17) is 0 Å². The normalized spacial score (nSPS) is 14.9. The molecule has 2 atom stereocenters. The Bertz CT molecular complexity index is 403. The molecule has 2 unspecified atom stereocenters. The predicted octanol–water partition coefficient (Wildman–Crippen LogP) is 2.02. The van der Waals surface area contributed by atoms with E-state index in [-0.39, 0.29) is 5.91 Å². The van der Waals surface area contributed by atoms with Crippen molar-refractivity contribution in [3.05, 3.63) is 36.5 Å². The SMILES string of the molecule is CCNC(=O)CCC(O)/C=C/C=C/C=C/C(O)CCCCN(C)C. The number of amides is 1. The summed E-state index contributed by atoms with van der Waals surface area (Å²) in [4.78, 5) is 13.4. The van der Waals surface area contributed by atoms with Crippen molar-refractivity contribution >= 4 is 5.91 Å². The smallest absolute Gasteiger partial charge is 0.220 e. The molecule has 0 saturated heterocycles. The quantitative estimate of drug-likeness (QED) is 0.355. The Balaban J connectivity index is 3.82. The lowest BCUT2D eigenvalue weighted by molar-refractivity contribution is -0.121. The summed E-state index contributed by atoms with van der Waals surface area (Å²) in [5, 5.41) is 22.2. The maximum absolute atomic E-state index is 11.3. The van der Waals surface area contributed by atoms with Crippen molar-refractivity contribution in [1.82, 2.24) is 10.2 Å². The molecule has 138 valence electrons. The van der Waals surface area contributed by atoms with Crippen LogP contribution in [0, 0.1) is 0 Å². The van der Waals surface area contributed by atoms with Gasteiger partial charge in [-0.2, -0.15) is 0 Å². The summed E-state index contributed by atoms with van der Waals surface area (Å²) in [6, 6.07) is 0. The van der Waals surface area contributed by atoms with Crippen molar-refractivity contribution in [3.63, 3.8) is 0 Å². The lowest BCUT2D eigenvalue weighted by atomic mass is 10.1. The maximum atomic E-state index is 11.3. The Morgan fingerprint density at radius 2 is 1.58 bits per heavy atom. The molecule has 0 aromatic heterocycles. The van der Waals surface area contributed by atoms with Gasteiger partial charge in [-0.25, -0.2) is 0 Å². The fourth-order valence-electron chi connectivity index (χ4n) is 2.05. The van der Waals surface area contributed by atoms with Crippen LogP contribution in [-0.4, -0.2) is 60.4 Å². The summed E-state index contributed by atoms with van der Waals surface area (Å²) >= 11 is 0. The van der Waals surface area contributed by atoms with Gasteiger partial charge in [-0.3, -0.25) is 4.79 Å². The van der Waals surface area contributed by atoms with E-state index in [2.05, 4.69) is 10.2 Å². The standard InChI is InChI=1S/C19H34N2O3/c1-4-20-19(24)15-14-18(23)12-8-6-5-7-11-17(22)13-9-10-16-21(2)3/h5-8,11-12,17-18,22-23H,4,9-10,13-16H2,1-3H3,(H,20,24)/b6-5+,11-7+,12-8+. The molecule has 0 spiro atoms. The molecule has 0 aromatic rings. The molecule has 0 bridgehead atoms. The third-order valence-corrected chi connectivity index (χ3v) is 3.40. The first kappa shape index (κ1) is 22.6. The number of hydrogen-bond donors (Lipinski definition) is 3. The van der Waals surface area contributed by atoms with Gasteiger partial charge in [0.05, 0.1) is 12.2 Å². The molecule has 1 amide bonds. The van der Waals surface area contributed by atoms with Crippen LogP contribution >= 0.6 is 0 Å². The van der Waals surface area contributed by atoms with Crippen molar-refractivity contribution < 1.29 is 15.0 Å². The van der Waals surface area contributed by atoms with Crippen molar-refractivity contribution in [2.45, 2.75) is 51.2 Å². The zero-order valence-corrected chi connectivity index (χ0v) is 15.3. The van der Waals surface area contributed by atoms with Crippen molar-refractivity contribution in [3.8, 4) is 0 Å². The fourth-order valence-corrected chi connectivity index (χ4v) is 2.05. The van der Waals surface area contributed by atoms with Crippen molar-refractivity contribution in [1.29, 1.82) is 0 Å². The summed E-state index contributed by atoms with van der Waals surface area (Å²) in [5.74, 6) is -0.0389. The highest BCUT2D eigenvalue weighted by atomic mass is 16.3. The van der Waals surface area contributed by atoms with Crippen LogP contribution in [0.4, 0.5) is 0 Å². The second-order valence-corrected chi connectivity index (χ2v) is 6.08. The molecule has 0 aliphatic carbocycles. The zero-order chi connectivity index (χ0) is 18.2. The second-order valence-electron chi connectivity index (χ2n) is 6.08. The summed E-state index contributed by atoms with van der Waals surface area (Å²) in [5.41, 5.74) is 0. The van der Waals surface area contributed by atoms with Gasteiger partial charge >= 0.3 is 0 Å². The Morgan fingerprint density at radius 3 is 2.12 bits per heavy atom. The van der Waals surface area contributed by atoms with E-state index in [1.165, 1.54) is 0 Å². The minimum atomic E-state index is -0.622. The van der Waals surface area contributed by atoms with Gasteiger partial charge in [0, 0.05) is 13.0 Å². The van der Waals surface area contributed by atoms with Gasteiger partial charge in [0.1, 0.15) is 0 Å². The molecular weight excluding hydrogens is 304 g/mol. The van der Waals surface area contributed by atoms with Crippen molar-refractivity contribution in [2.75, 3.05) is 27.2 Å². The zero-order valence-electron chi connectivity index (χ0n) is 15.3.